The molecule has 0 saturated heterocycles. The van der Waals surface area contributed by atoms with E-state index in [0.29, 0.717) is 16.7 Å². The molecule has 1 atom stereocenters. The zero-order chi connectivity index (χ0) is 18.4. The van der Waals surface area contributed by atoms with Gasteiger partial charge in [0.15, 0.2) is 0 Å². The van der Waals surface area contributed by atoms with E-state index >= 15 is 0 Å². The van der Waals surface area contributed by atoms with Crippen LogP contribution in [0, 0.1) is 0 Å². The fourth-order valence-electron chi connectivity index (χ4n) is 2.71. The van der Waals surface area contributed by atoms with Gasteiger partial charge in [-0.2, -0.15) is 0 Å². The second-order valence-electron chi connectivity index (χ2n) is 6.15. The van der Waals surface area contributed by atoms with Crippen molar-refractivity contribution in [3.8, 4) is 5.75 Å². The lowest BCUT2D eigenvalue weighted by Gasteiger charge is -2.17. The molecule has 0 radical (unpaired) electrons. The van der Waals surface area contributed by atoms with Gasteiger partial charge < -0.3 is 10.1 Å². The fourth-order valence-corrected chi connectivity index (χ4v) is 3.17. The monoisotopic (exact) mass is 385 g/mol. The molecule has 4 heteroatoms. The molecule has 26 heavy (non-hydrogen) atoms. The zero-order valence-electron chi connectivity index (χ0n) is 14.6. The van der Waals surface area contributed by atoms with Crippen LogP contribution in [0.3, 0.4) is 0 Å². The highest BCUT2D eigenvalue weighted by atomic mass is 35.5. The minimum atomic E-state index is 0.259. The molecule has 0 unspecified atom stereocenters. The number of nitrogens with one attached hydrogen (secondary N) is 1. The molecule has 2 nitrogen and oxygen atoms in total. The smallest absolute Gasteiger partial charge is 0.124 e. The van der Waals surface area contributed by atoms with Gasteiger partial charge in [-0.05, 0) is 30.7 Å². The van der Waals surface area contributed by atoms with Crippen molar-refractivity contribution in [3.05, 3.63) is 99.5 Å². The molecule has 0 aliphatic heterocycles. The highest BCUT2D eigenvalue weighted by Gasteiger charge is 2.09. The van der Waals surface area contributed by atoms with Crippen LogP contribution in [0.5, 0.6) is 5.75 Å². The van der Waals surface area contributed by atoms with Gasteiger partial charge in [0.05, 0.1) is 0 Å². The summed E-state index contributed by atoms with van der Waals surface area (Å²) in [4.78, 5) is 0. The Morgan fingerprint density at radius 3 is 2.38 bits per heavy atom. The van der Waals surface area contributed by atoms with Gasteiger partial charge in [-0.3, -0.25) is 0 Å². The Bertz CT molecular complexity index is 852. The predicted molar refractivity (Wildman–Crippen MR) is 109 cm³/mol. The number of halogens is 2. The molecule has 0 amide bonds. The third-order valence-corrected chi connectivity index (χ3v) is 4.86. The van der Waals surface area contributed by atoms with Crippen LogP contribution in [0.25, 0.3) is 0 Å². The second-order valence-corrected chi connectivity index (χ2v) is 6.99. The normalized spacial score (nSPS) is 12.0. The Balaban J connectivity index is 1.64. The SMILES string of the molecule is C[C@H](NCc1ccccc1OCc1ccc(Cl)cc1Cl)c1ccccc1. The number of benzene rings is 3. The molecular formula is C22H21Cl2NO. The van der Waals surface area contributed by atoms with Crippen molar-refractivity contribution in [3.63, 3.8) is 0 Å². The van der Waals surface area contributed by atoms with E-state index in [2.05, 4.69) is 42.6 Å². The molecular weight excluding hydrogens is 365 g/mol. The van der Waals surface area contributed by atoms with E-state index in [0.717, 1.165) is 23.4 Å². The van der Waals surface area contributed by atoms with Gasteiger partial charge in [0, 0.05) is 33.8 Å². The first-order valence-corrected chi connectivity index (χ1v) is 9.32. The van der Waals surface area contributed by atoms with Gasteiger partial charge in [-0.1, -0.05) is 77.8 Å². The van der Waals surface area contributed by atoms with Gasteiger partial charge >= 0.3 is 0 Å². The number of hydrogen-bond donors (Lipinski definition) is 1. The van der Waals surface area contributed by atoms with E-state index in [9.17, 15) is 0 Å². The summed E-state index contributed by atoms with van der Waals surface area (Å²) in [5.74, 6) is 0.853. The highest BCUT2D eigenvalue weighted by molar-refractivity contribution is 6.35. The van der Waals surface area contributed by atoms with Crippen LogP contribution in [0.2, 0.25) is 10.0 Å². The zero-order valence-corrected chi connectivity index (χ0v) is 16.1. The summed E-state index contributed by atoms with van der Waals surface area (Å²) in [7, 11) is 0. The van der Waals surface area contributed by atoms with Gasteiger partial charge in [-0.15, -0.1) is 0 Å². The number of hydrogen-bond acceptors (Lipinski definition) is 2. The lowest BCUT2D eigenvalue weighted by Crippen LogP contribution is -2.18. The van der Waals surface area contributed by atoms with E-state index in [1.165, 1.54) is 5.56 Å². The summed E-state index contributed by atoms with van der Waals surface area (Å²) in [5.41, 5.74) is 3.29. The first-order chi connectivity index (χ1) is 12.6. The standard InChI is InChI=1S/C22H21Cl2NO/c1-16(17-7-3-2-4-8-17)25-14-18-9-5-6-10-22(18)26-15-19-11-12-20(23)13-21(19)24/h2-13,16,25H,14-15H2,1H3/t16-/m0/s1. The molecule has 0 aliphatic carbocycles. The number of para-hydroxylation sites is 1. The first-order valence-electron chi connectivity index (χ1n) is 8.56. The molecule has 3 rings (SSSR count). The molecule has 0 heterocycles. The lowest BCUT2D eigenvalue weighted by molar-refractivity contribution is 0.302. The summed E-state index contributed by atoms with van der Waals surface area (Å²) >= 11 is 12.2. The molecule has 1 N–H and O–H groups in total. The minimum absolute atomic E-state index is 0.259. The van der Waals surface area contributed by atoms with Gasteiger partial charge in [-0.25, -0.2) is 0 Å². The van der Waals surface area contributed by atoms with Crippen LogP contribution in [0.1, 0.15) is 29.7 Å². The molecule has 134 valence electrons. The topological polar surface area (TPSA) is 21.3 Å². The van der Waals surface area contributed by atoms with Crippen LogP contribution in [-0.2, 0) is 13.2 Å². The van der Waals surface area contributed by atoms with Gasteiger partial charge in [0.1, 0.15) is 12.4 Å². The molecule has 3 aromatic carbocycles. The molecule has 3 aromatic rings. The third-order valence-electron chi connectivity index (χ3n) is 4.27. The van der Waals surface area contributed by atoms with Gasteiger partial charge in [0.25, 0.3) is 0 Å². The maximum absolute atomic E-state index is 6.23. The minimum Gasteiger partial charge on any atom is -0.489 e. The Morgan fingerprint density at radius 2 is 1.62 bits per heavy atom. The maximum atomic E-state index is 6.23. The van der Waals surface area contributed by atoms with E-state index in [1.807, 2.05) is 36.4 Å². The maximum Gasteiger partial charge on any atom is 0.124 e. The van der Waals surface area contributed by atoms with Crippen molar-refractivity contribution >= 4 is 23.2 Å². The van der Waals surface area contributed by atoms with Crippen molar-refractivity contribution in [2.24, 2.45) is 0 Å². The summed E-state index contributed by atoms with van der Waals surface area (Å²) < 4.78 is 6.01. The quantitative estimate of drug-likeness (QED) is 0.506. The third kappa shape index (κ3) is 5.01. The van der Waals surface area contributed by atoms with Crippen molar-refractivity contribution in [1.82, 2.24) is 5.32 Å². The van der Waals surface area contributed by atoms with Crippen molar-refractivity contribution < 1.29 is 4.74 Å². The summed E-state index contributed by atoms with van der Waals surface area (Å²) in [6, 6.07) is 24.1. The second kappa shape index (κ2) is 9.09. The Kier molecular flexibility index (Phi) is 6.56. The molecule has 0 aliphatic rings. The van der Waals surface area contributed by atoms with Crippen molar-refractivity contribution in [2.45, 2.75) is 26.1 Å². The van der Waals surface area contributed by atoms with E-state index in [1.54, 1.807) is 6.07 Å². The van der Waals surface area contributed by atoms with Crippen LogP contribution in [0.4, 0.5) is 0 Å². The van der Waals surface area contributed by atoms with Gasteiger partial charge in [0.2, 0.25) is 0 Å². The van der Waals surface area contributed by atoms with Crippen LogP contribution >= 0.6 is 23.2 Å². The fraction of sp³-hybridized carbons (Fsp3) is 0.182. The molecule has 0 saturated carbocycles. The van der Waals surface area contributed by atoms with E-state index in [4.69, 9.17) is 27.9 Å². The molecule has 0 bridgehead atoms. The number of rotatable bonds is 7. The van der Waals surface area contributed by atoms with Crippen molar-refractivity contribution in [1.29, 1.82) is 0 Å². The number of ether oxygens (including phenoxy) is 1. The molecule has 0 fully saturated rings. The summed E-state index contributed by atoms with van der Waals surface area (Å²) in [6.07, 6.45) is 0. The summed E-state index contributed by atoms with van der Waals surface area (Å²) in [5, 5.41) is 4.79. The Morgan fingerprint density at radius 1 is 0.885 bits per heavy atom. The Hall–Kier alpha value is -2.00. The van der Waals surface area contributed by atoms with E-state index < -0.39 is 0 Å². The van der Waals surface area contributed by atoms with Crippen LogP contribution in [-0.4, -0.2) is 0 Å². The van der Waals surface area contributed by atoms with E-state index in [-0.39, 0.29) is 6.04 Å². The highest BCUT2D eigenvalue weighted by Crippen LogP contribution is 2.25. The summed E-state index contributed by atoms with van der Waals surface area (Å²) in [6.45, 7) is 3.29. The largest absolute Gasteiger partial charge is 0.489 e. The van der Waals surface area contributed by atoms with Crippen molar-refractivity contribution in [2.75, 3.05) is 0 Å². The van der Waals surface area contributed by atoms with Crippen LogP contribution < -0.4 is 10.1 Å². The predicted octanol–water partition coefficient (Wildman–Crippen LogP) is 6.42. The average Bonchev–Trinajstić information content (AvgIpc) is 2.67. The average molecular weight is 386 g/mol. The Labute approximate surface area is 164 Å². The molecule has 0 aromatic heterocycles. The first kappa shape index (κ1) is 18.8. The molecule has 0 spiro atoms. The lowest BCUT2D eigenvalue weighted by atomic mass is 10.1. The van der Waals surface area contributed by atoms with Crippen LogP contribution in [0.15, 0.2) is 72.8 Å².